The molecule has 2 atom stereocenters. The van der Waals surface area contributed by atoms with E-state index in [1.807, 2.05) is 6.07 Å². The number of hydrogen-bond donors (Lipinski definition) is 0. The molecule has 0 N–H and O–H groups in total. The van der Waals surface area contributed by atoms with Crippen molar-refractivity contribution in [2.45, 2.75) is 39.0 Å². The summed E-state index contributed by atoms with van der Waals surface area (Å²) >= 11 is 0. The number of hydrogen-bond acceptors (Lipinski definition) is 4. The summed E-state index contributed by atoms with van der Waals surface area (Å²) in [5.41, 5.74) is 0.408. The molecule has 112 valence electrons. The van der Waals surface area contributed by atoms with Crippen LogP contribution in [0, 0.1) is 32.8 Å². The van der Waals surface area contributed by atoms with Crippen LogP contribution in [0.2, 0.25) is 0 Å². The first-order valence-corrected chi connectivity index (χ1v) is 7.22. The van der Waals surface area contributed by atoms with E-state index in [1.54, 1.807) is 6.07 Å². The Hall–Kier alpha value is -2.09. The fraction of sp³-hybridized carbons (Fsp3) is 0.562. The van der Waals surface area contributed by atoms with Crippen LogP contribution in [0.1, 0.15) is 38.2 Å². The second-order valence-corrected chi connectivity index (χ2v) is 6.03. The molecule has 1 aromatic rings. The van der Waals surface area contributed by atoms with Crippen LogP contribution in [0.5, 0.6) is 5.75 Å². The van der Waals surface area contributed by atoms with Crippen LogP contribution in [0.15, 0.2) is 18.2 Å². The predicted octanol–water partition coefficient (Wildman–Crippen LogP) is 3.87. The maximum absolute atomic E-state index is 11.1. The van der Waals surface area contributed by atoms with Crippen LogP contribution in [-0.4, -0.2) is 12.0 Å². The summed E-state index contributed by atoms with van der Waals surface area (Å²) in [6.07, 6.45) is 4.51. The summed E-state index contributed by atoms with van der Waals surface area (Å²) in [4.78, 5) is 10.6. The van der Waals surface area contributed by atoms with E-state index in [0.717, 1.165) is 31.2 Å². The second kappa shape index (κ2) is 6.13. The standard InChI is InChI=1S/C16H20N2O3/c1-12-4-3-7-16(9-12,11-17)10-13-5-6-15(21-2)14(8-13)18(19)20/h5-6,8,12H,3-4,7,9-10H2,1-2H3. The summed E-state index contributed by atoms with van der Waals surface area (Å²) in [5, 5.41) is 20.7. The Morgan fingerprint density at radius 2 is 2.33 bits per heavy atom. The average molecular weight is 288 g/mol. The highest BCUT2D eigenvalue weighted by Gasteiger charge is 2.35. The third-order valence-corrected chi connectivity index (χ3v) is 4.31. The Bertz CT molecular complexity index is 579. The van der Waals surface area contributed by atoms with Crippen LogP contribution in [0.3, 0.4) is 0 Å². The third kappa shape index (κ3) is 3.33. The molecule has 0 radical (unpaired) electrons. The largest absolute Gasteiger partial charge is 0.490 e. The first-order valence-electron chi connectivity index (χ1n) is 7.22. The van der Waals surface area contributed by atoms with E-state index in [-0.39, 0.29) is 16.9 Å². The van der Waals surface area contributed by atoms with Gasteiger partial charge in [0.15, 0.2) is 5.75 Å². The van der Waals surface area contributed by atoms with E-state index >= 15 is 0 Å². The van der Waals surface area contributed by atoms with Gasteiger partial charge in [0.25, 0.3) is 0 Å². The number of ether oxygens (including phenoxy) is 1. The van der Waals surface area contributed by atoms with E-state index in [1.165, 1.54) is 13.2 Å². The molecular weight excluding hydrogens is 268 g/mol. The zero-order valence-electron chi connectivity index (χ0n) is 12.5. The van der Waals surface area contributed by atoms with Crippen LogP contribution in [0.4, 0.5) is 5.69 Å². The van der Waals surface area contributed by atoms with Gasteiger partial charge in [-0.2, -0.15) is 5.26 Å². The van der Waals surface area contributed by atoms with Gasteiger partial charge in [-0.1, -0.05) is 25.8 Å². The Kier molecular flexibility index (Phi) is 4.46. The average Bonchev–Trinajstić information content (AvgIpc) is 2.47. The normalized spacial score (nSPS) is 25.1. The molecule has 1 aliphatic carbocycles. The molecule has 0 amide bonds. The third-order valence-electron chi connectivity index (χ3n) is 4.31. The molecule has 21 heavy (non-hydrogen) atoms. The van der Waals surface area contributed by atoms with Crippen LogP contribution in [-0.2, 0) is 6.42 Å². The highest BCUT2D eigenvalue weighted by Crippen LogP contribution is 2.42. The molecule has 1 fully saturated rings. The molecule has 0 aliphatic heterocycles. The molecular formula is C16H20N2O3. The first kappa shape index (κ1) is 15.3. The van der Waals surface area contributed by atoms with Crippen molar-refractivity contribution in [2.75, 3.05) is 7.11 Å². The lowest BCUT2D eigenvalue weighted by atomic mass is 9.68. The van der Waals surface area contributed by atoms with Crippen molar-refractivity contribution >= 4 is 5.69 Å². The number of rotatable bonds is 4. The molecule has 0 spiro atoms. The minimum Gasteiger partial charge on any atom is -0.490 e. The highest BCUT2D eigenvalue weighted by atomic mass is 16.6. The first-order chi connectivity index (χ1) is 9.99. The molecule has 0 bridgehead atoms. The van der Waals surface area contributed by atoms with Crippen molar-refractivity contribution in [3.05, 3.63) is 33.9 Å². The molecule has 1 saturated carbocycles. The number of benzene rings is 1. The number of nitriles is 1. The SMILES string of the molecule is COc1ccc(CC2(C#N)CCCC(C)C2)cc1[N+](=O)[O-]. The molecule has 5 heteroatoms. The van der Waals surface area contributed by atoms with Gasteiger partial charge in [0, 0.05) is 6.07 Å². The molecule has 1 aromatic carbocycles. The fourth-order valence-corrected chi connectivity index (χ4v) is 3.34. The summed E-state index contributed by atoms with van der Waals surface area (Å²) in [7, 11) is 1.42. The van der Waals surface area contributed by atoms with Gasteiger partial charge in [0.1, 0.15) is 0 Å². The van der Waals surface area contributed by atoms with Crippen molar-refractivity contribution in [2.24, 2.45) is 11.3 Å². The van der Waals surface area contributed by atoms with Gasteiger partial charge in [-0.15, -0.1) is 0 Å². The Morgan fingerprint density at radius 3 is 2.90 bits per heavy atom. The minimum absolute atomic E-state index is 0.0352. The lowest BCUT2D eigenvalue weighted by molar-refractivity contribution is -0.385. The number of nitro benzene ring substituents is 1. The van der Waals surface area contributed by atoms with Crippen molar-refractivity contribution < 1.29 is 9.66 Å². The molecule has 0 heterocycles. The summed E-state index contributed by atoms with van der Waals surface area (Å²) in [6.45, 7) is 2.17. The number of nitro groups is 1. The molecule has 0 aromatic heterocycles. The molecule has 2 rings (SSSR count). The Balaban J connectivity index is 2.28. The van der Waals surface area contributed by atoms with Gasteiger partial charge in [-0.3, -0.25) is 10.1 Å². The van der Waals surface area contributed by atoms with Gasteiger partial charge in [0.2, 0.25) is 0 Å². The van der Waals surface area contributed by atoms with Gasteiger partial charge >= 0.3 is 5.69 Å². The molecule has 0 saturated heterocycles. The molecule has 1 aliphatic rings. The van der Waals surface area contributed by atoms with E-state index in [4.69, 9.17) is 4.74 Å². The maximum atomic E-state index is 11.1. The van der Waals surface area contributed by atoms with Crippen molar-refractivity contribution in [3.63, 3.8) is 0 Å². The minimum atomic E-state index is -0.440. The van der Waals surface area contributed by atoms with E-state index < -0.39 is 4.92 Å². The van der Waals surface area contributed by atoms with Crippen molar-refractivity contribution in [3.8, 4) is 11.8 Å². The quantitative estimate of drug-likeness (QED) is 0.622. The summed E-state index contributed by atoms with van der Waals surface area (Å²) in [5.74, 6) is 0.790. The van der Waals surface area contributed by atoms with Crippen molar-refractivity contribution in [1.29, 1.82) is 5.26 Å². The zero-order valence-corrected chi connectivity index (χ0v) is 12.5. The number of nitrogens with zero attached hydrogens (tertiary/aromatic N) is 2. The second-order valence-electron chi connectivity index (χ2n) is 6.03. The van der Waals surface area contributed by atoms with Gasteiger partial charge in [-0.05, 0) is 36.8 Å². The van der Waals surface area contributed by atoms with Crippen LogP contribution in [0.25, 0.3) is 0 Å². The van der Waals surface area contributed by atoms with Crippen LogP contribution >= 0.6 is 0 Å². The molecule has 5 nitrogen and oxygen atoms in total. The van der Waals surface area contributed by atoms with E-state index in [2.05, 4.69) is 13.0 Å². The summed E-state index contributed by atoms with van der Waals surface area (Å²) < 4.78 is 5.01. The van der Waals surface area contributed by atoms with Crippen molar-refractivity contribution in [1.82, 2.24) is 0 Å². The van der Waals surface area contributed by atoms with E-state index in [9.17, 15) is 15.4 Å². The van der Waals surface area contributed by atoms with Gasteiger partial charge < -0.3 is 4.74 Å². The van der Waals surface area contributed by atoms with Gasteiger partial charge in [0.05, 0.1) is 23.5 Å². The monoisotopic (exact) mass is 288 g/mol. The van der Waals surface area contributed by atoms with E-state index in [0.29, 0.717) is 12.3 Å². The smallest absolute Gasteiger partial charge is 0.311 e. The number of methoxy groups -OCH3 is 1. The Labute approximate surface area is 124 Å². The van der Waals surface area contributed by atoms with Gasteiger partial charge in [-0.25, -0.2) is 0 Å². The van der Waals surface area contributed by atoms with Crippen LogP contribution < -0.4 is 4.74 Å². The Morgan fingerprint density at radius 1 is 1.57 bits per heavy atom. The maximum Gasteiger partial charge on any atom is 0.311 e. The topological polar surface area (TPSA) is 76.2 Å². The fourth-order valence-electron chi connectivity index (χ4n) is 3.34. The zero-order chi connectivity index (χ0) is 15.5. The highest BCUT2D eigenvalue weighted by molar-refractivity contribution is 5.49. The molecule has 2 unspecified atom stereocenters. The predicted molar refractivity (Wildman–Crippen MR) is 79.0 cm³/mol. The lowest BCUT2D eigenvalue weighted by Gasteiger charge is -2.34. The summed E-state index contributed by atoms with van der Waals surface area (Å²) in [6, 6.07) is 7.45. The lowest BCUT2D eigenvalue weighted by Crippen LogP contribution is -2.28.